The van der Waals surface area contributed by atoms with Gasteiger partial charge in [0.05, 0.1) is 22.0 Å². The van der Waals surface area contributed by atoms with Gasteiger partial charge < -0.3 is 5.73 Å². The number of anilines is 4. The molecule has 4 rings (SSSR count). The van der Waals surface area contributed by atoms with Crippen LogP contribution in [0.5, 0.6) is 0 Å². The number of amides is 2. The molecule has 7 nitrogen and oxygen atoms in total. The second-order valence-electron chi connectivity index (χ2n) is 11.3. The van der Waals surface area contributed by atoms with E-state index in [-0.39, 0.29) is 17.8 Å². The lowest BCUT2D eigenvalue weighted by Gasteiger charge is -2.35. The van der Waals surface area contributed by atoms with Crippen LogP contribution in [-0.2, 0) is 10.0 Å². The van der Waals surface area contributed by atoms with Crippen molar-refractivity contribution in [2.24, 2.45) is 5.73 Å². The van der Waals surface area contributed by atoms with Gasteiger partial charge in [-0.1, -0.05) is 90.1 Å². The first-order valence-corrected chi connectivity index (χ1v) is 15.7. The fraction of sp³-hybridized carbons (Fsp3) is 0.265. The summed E-state index contributed by atoms with van der Waals surface area (Å²) in [6.07, 6.45) is 0. The minimum absolute atomic E-state index is 0.0207. The van der Waals surface area contributed by atoms with E-state index in [4.69, 9.17) is 5.73 Å². The number of carbonyl (C=O) groups is 1. The number of benzene rings is 4. The third kappa shape index (κ3) is 6.60. The fourth-order valence-corrected chi connectivity index (χ4v) is 6.69. The van der Waals surface area contributed by atoms with Gasteiger partial charge in [-0.3, -0.25) is 4.72 Å². The number of hydrogen-bond donors (Lipinski definition) is 2. The Labute approximate surface area is 250 Å². The molecule has 0 spiro atoms. The maximum atomic E-state index is 14.0. The summed E-state index contributed by atoms with van der Waals surface area (Å²) in [5.41, 5.74) is 11.0. The molecule has 0 aliphatic heterocycles. The predicted octanol–water partition coefficient (Wildman–Crippen LogP) is 8.50. The van der Waals surface area contributed by atoms with Gasteiger partial charge in [0.2, 0.25) is 0 Å². The Morgan fingerprint density at radius 1 is 0.667 bits per heavy atom. The van der Waals surface area contributed by atoms with E-state index in [0.717, 1.165) is 16.7 Å². The van der Waals surface area contributed by atoms with Gasteiger partial charge in [0, 0.05) is 5.69 Å². The standard InChI is InChI=1S/C34H40N4O3S/c1-23(2)26-21-31(24(3)4)33(32(22-26)25(5)6)42(40,41)36-27-17-19-30(20-18-27)37(28-13-9-7-10-14-28)38(34(35)39)29-15-11-8-12-16-29/h7-25,36H,1-6H3,(H2,35,39). The Morgan fingerprint density at radius 3 is 1.55 bits per heavy atom. The largest absolute Gasteiger partial charge is 0.350 e. The van der Waals surface area contributed by atoms with E-state index >= 15 is 0 Å². The number of sulfonamides is 1. The number of nitrogens with zero attached hydrogens (tertiary/aromatic N) is 2. The molecule has 220 valence electrons. The van der Waals surface area contributed by atoms with Crippen LogP contribution in [0, 0.1) is 0 Å². The van der Waals surface area contributed by atoms with Crippen LogP contribution in [0.4, 0.5) is 27.5 Å². The summed E-state index contributed by atoms with van der Waals surface area (Å²) in [6.45, 7) is 12.3. The van der Waals surface area contributed by atoms with E-state index in [0.29, 0.717) is 27.6 Å². The molecule has 0 saturated heterocycles. The van der Waals surface area contributed by atoms with Crippen molar-refractivity contribution in [2.75, 3.05) is 14.7 Å². The summed E-state index contributed by atoms with van der Waals surface area (Å²) in [6, 6.07) is 28.8. The number of urea groups is 1. The van der Waals surface area contributed by atoms with Crippen LogP contribution in [0.1, 0.15) is 76.0 Å². The molecule has 0 aliphatic rings. The minimum atomic E-state index is -3.91. The summed E-state index contributed by atoms with van der Waals surface area (Å²) < 4.78 is 30.7. The topological polar surface area (TPSA) is 95.7 Å². The number of para-hydroxylation sites is 2. The van der Waals surface area contributed by atoms with Crippen molar-refractivity contribution < 1.29 is 13.2 Å². The lowest BCUT2D eigenvalue weighted by molar-refractivity contribution is 0.254. The Bertz CT molecular complexity index is 1590. The zero-order valence-corrected chi connectivity index (χ0v) is 25.9. The van der Waals surface area contributed by atoms with E-state index in [9.17, 15) is 13.2 Å². The third-order valence-corrected chi connectivity index (χ3v) is 8.64. The molecule has 8 heteroatoms. The lowest BCUT2D eigenvalue weighted by atomic mass is 9.89. The Balaban J connectivity index is 1.76. The van der Waals surface area contributed by atoms with Gasteiger partial charge in [-0.05, 0) is 83.0 Å². The maximum absolute atomic E-state index is 14.0. The Morgan fingerprint density at radius 2 is 1.12 bits per heavy atom. The molecule has 3 N–H and O–H groups in total. The van der Waals surface area contributed by atoms with E-state index in [1.165, 1.54) is 5.01 Å². The smallest absolute Gasteiger partial charge is 0.338 e. The minimum Gasteiger partial charge on any atom is -0.350 e. The van der Waals surface area contributed by atoms with Gasteiger partial charge >= 0.3 is 6.03 Å². The zero-order valence-electron chi connectivity index (χ0n) is 25.1. The van der Waals surface area contributed by atoms with Crippen molar-refractivity contribution in [2.45, 2.75) is 64.2 Å². The molecule has 42 heavy (non-hydrogen) atoms. The highest BCUT2D eigenvalue weighted by Crippen LogP contribution is 2.37. The van der Waals surface area contributed by atoms with E-state index in [1.54, 1.807) is 41.4 Å². The monoisotopic (exact) mass is 584 g/mol. The molecule has 0 radical (unpaired) electrons. The first-order chi connectivity index (χ1) is 19.9. The highest BCUT2D eigenvalue weighted by Gasteiger charge is 2.28. The Hall–Kier alpha value is -4.30. The second-order valence-corrected chi connectivity index (χ2v) is 12.9. The molecule has 0 saturated carbocycles. The van der Waals surface area contributed by atoms with Gasteiger partial charge in [0.1, 0.15) is 0 Å². The number of primary amides is 1. The van der Waals surface area contributed by atoms with Crippen LogP contribution in [0.15, 0.2) is 102 Å². The summed E-state index contributed by atoms with van der Waals surface area (Å²) in [5.74, 6) is 0.320. The highest BCUT2D eigenvalue weighted by atomic mass is 32.2. The average Bonchev–Trinajstić information content (AvgIpc) is 2.96. The van der Waals surface area contributed by atoms with Crippen LogP contribution in [0.25, 0.3) is 0 Å². The van der Waals surface area contributed by atoms with Crippen LogP contribution in [0.3, 0.4) is 0 Å². The normalized spacial score (nSPS) is 11.6. The highest BCUT2D eigenvalue weighted by molar-refractivity contribution is 7.92. The van der Waals surface area contributed by atoms with E-state index < -0.39 is 16.1 Å². The van der Waals surface area contributed by atoms with Crippen LogP contribution < -0.4 is 20.5 Å². The predicted molar refractivity (Wildman–Crippen MR) is 173 cm³/mol. The number of rotatable bonds is 10. The summed E-state index contributed by atoms with van der Waals surface area (Å²) >= 11 is 0. The van der Waals surface area contributed by atoms with Crippen molar-refractivity contribution in [3.63, 3.8) is 0 Å². The van der Waals surface area contributed by atoms with Gasteiger partial charge in [-0.15, -0.1) is 0 Å². The molecule has 0 aromatic heterocycles. The number of hydrogen-bond acceptors (Lipinski definition) is 4. The van der Waals surface area contributed by atoms with Crippen LogP contribution in [-0.4, -0.2) is 14.4 Å². The quantitative estimate of drug-likeness (QED) is 0.183. The molecule has 0 unspecified atom stereocenters. The van der Waals surface area contributed by atoms with Crippen LogP contribution in [0.2, 0.25) is 0 Å². The molecule has 0 fully saturated rings. The summed E-state index contributed by atoms with van der Waals surface area (Å²) in [5, 5.41) is 3.09. The number of nitrogens with two attached hydrogens (primary N) is 1. The molecule has 0 bridgehead atoms. The molecule has 2 amide bonds. The lowest BCUT2D eigenvalue weighted by Crippen LogP contribution is -2.47. The number of hydrazine groups is 1. The molecule has 0 heterocycles. The number of carbonyl (C=O) groups excluding carboxylic acids is 1. The van der Waals surface area contributed by atoms with Crippen molar-refractivity contribution in [1.82, 2.24) is 0 Å². The van der Waals surface area contributed by atoms with E-state index in [1.807, 2.05) is 88.4 Å². The van der Waals surface area contributed by atoms with Crippen molar-refractivity contribution in [1.29, 1.82) is 0 Å². The van der Waals surface area contributed by atoms with Gasteiger partial charge in [-0.2, -0.15) is 5.01 Å². The first kappa shape index (κ1) is 30.7. The van der Waals surface area contributed by atoms with Crippen molar-refractivity contribution in [3.8, 4) is 0 Å². The molecule has 4 aromatic carbocycles. The van der Waals surface area contributed by atoms with E-state index in [2.05, 4.69) is 18.6 Å². The maximum Gasteiger partial charge on any atom is 0.338 e. The third-order valence-electron chi connectivity index (χ3n) is 7.12. The Kier molecular flexibility index (Phi) is 9.27. The zero-order chi connectivity index (χ0) is 30.6. The fourth-order valence-electron chi connectivity index (χ4n) is 4.94. The summed E-state index contributed by atoms with van der Waals surface area (Å²) in [4.78, 5) is 13.1. The molecule has 0 atom stereocenters. The molecule has 0 aliphatic carbocycles. The van der Waals surface area contributed by atoms with Gasteiger partial charge in [0.25, 0.3) is 10.0 Å². The SMILES string of the molecule is CC(C)c1cc(C(C)C)c(S(=O)(=O)Nc2ccc(N(c3ccccc3)N(C(N)=O)c3ccccc3)cc2)c(C(C)C)c1. The molecule has 4 aromatic rings. The van der Waals surface area contributed by atoms with Gasteiger partial charge in [-0.25, -0.2) is 18.2 Å². The molecular formula is C34H40N4O3S. The molecular weight excluding hydrogens is 544 g/mol. The van der Waals surface area contributed by atoms with Crippen LogP contribution >= 0.6 is 0 Å². The van der Waals surface area contributed by atoms with Gasteiger partial charge in [0.15, 0.2) is 0 Å². The summed E-state index contributed by atoms with van der Waals surface area (Å²) in [7, 11) is -3.91. The number of nitrogens with one attached hydrogen (secondary N) is 1. The average molecular weight is 585 g/mol. The second kappa shape index (κ2) is 12.7. The van der Waals surface area contributed by atoms with Crippen molar-refractivity contribution in [3.05, 3.63) is 114 Å². The first-order valence-electron chi connectivity index (χ1n) is 14.2. The van der Waals surface area contributed by atoms with Crippen molar-refractivity contribution >= 4 is 38.8 Å².